The SMILES string of the molecule is O=C(Nc1c(F)cc(Br)cc1F)c1cccn1CC(F)F. The lowest BCUT2D eigenvalue weighted by Crippen LogP contribution is -2.20. The maximum Gasteiger partial charge on any atom is 0.272 e. The van der Waals surface area contributed by atoms with Crippen molar-refractivity contribution in [1.82, 2.24) is 4.57 Å². The molecule has 0 aliphatic carbocycles. The largest absolute Gasteiger partial charge is 0.338 e. The van der Waals surface area contributed by atoms with Crippen molar-refractivity contribution in [2.45, 2.75) is 13.0 Å². The van der Waals surface area contributed by atoms with E-state index in [9.17, 15) is 22.4 Å². The maximum absolute atomic E-state index is 13.6. The van der Waals surface area contributed by atoms with Crippen molar-refractivity contribution in [3.05, 3.63) is 52.3 Å². The van der Waals surface area contributed by atoms with Gasteiger partial charge in [-0.15, -0.1) is 0 Å². The molecule has 21 heavy (non-hydrogen) atoms. The average Bonchev–Trinajstić information content (AvgIpc) is 2.80. The molecule has 0 fully saturated rings. The van der Waals surface area contributed by atoms with Gasteiger partial charge in [-0.05, 0) is 24.3 Å². The predicted molar refractivity (Wildman–Crippen MR) is 72.4 cm³/mol. The Morgan fingerprint density at radius 2 is 1.90 bits per heavy atom. The number of nitrogens with one attached hydrogen (secondary N) is 1. The normalized spacial score (nSPS) is 11.0. The number of alkyl halides is 2. The van der Waals surface area contributed by atoms with E-state index in [0.717, 1.165) is 16.7 Å². The quantitative estimate of drug-likeness (QED) is 0.816. The van der Waals surface area contributed by atoms with Crippen LogP contribution in [0.15, 0.2) is 34.9 Å². The van der Waals surface area contributed by atoms with E-state index in [0.29, 0.717) is 0 Å². The Morgan fingerprint density at radius 3 is 2.48 bits per heavy atom. The topological polar surface area (TPSA) is 34.0 Å². The number of carbonyl (C=O) groups is 1. The van der Waals surface area contributed by atoms with Crippen LogP contribution in [-0.4, -0.2) is 16.9 Å². The molecule has 0 unspecified atom stereocenters. The molecule has 0 saturated heterocycles. The summed E-state index contributed by atoms with van der Waals surface area (Å²) in [5, 5.41) is 2.05. The summed E-state index contributed by atoms with van der Waals surface area (Å²) in [5.74, 6) is -2.81. The number of benzene rings is 1. The molecule has 1 N–H and O–H groups in total. The molecule has 1 aromatic heterocycles. The molecular formula is C13H9BrF4N2O. The van der Waals surface area contributed by atoms with Gasteiger partial charge in [0.05, 0.1) is 6.54 Å². The molecule has 2 aromatic rings. The molecular weight excluding hydrogens is 356 g/mol. The molecule has 112 valence electrons. The number of hydrogen-bond acceptors (Lipinski definition) is 1. The van der Waals surface area contributed by atoms with Crippen LogP contribution in [0.2, 0.25) is 0 Å². The third-order valence-electron chi connectivity index (χ3n) is 2.64. The first-order valence-corrected chi connectivity index (χ1v) is 6.57. The highest BCUT2D eigenvalue weighted by molar-refractivity contribution is 9.10. The van der Waals surface area contributed by atoms with Gasteiger partial charge in [0.25, 0.3) is 12.3 Å². The van der Waals surface area contributed by atoms with Crippen LogP contribution in [0.5, 0.6) is 0 Å². The van der Waals surface area contributed by atoms with Gasteiger partial charge in [0, 0.05) is 10.7 Å². The molecule has 0 bridgehead atoms. The lowest BCUT2D eigenvalue weighted by atomic mass is 10.2. The predicted octanol–water partition coefficient (Wildman–Crippen LogP) is 4.05. The fraction of sp³-hybridized carbons (Fsp3) is 0.154. The summed E-state index contributed by atoms with van der Waals surface area (Å²) >= 11 is 2.91. The van der Waals surface area contributed by atoms with Crippen molar-refractivity contribution in [2.24, 2.45) is 0 Å². The van der Waals surface area contributed by atoms with E-state index in [1.54, 1.807) is 0 Å². The molecule has 0 aliphatic heterocycles. The zero-order chi connectivity index (χ0) is 15.6. The molecule has 0 atom stereocenters. The summed E-state index contributed by atoms with van der Waals surface area (Å²) in [6, 6.07) is 4.64. The van der Waals surface area contributed by atoms with Gasteiger partial charge < -0.3 is 9.88 Å². The van der Waals surface area contributed by atoms with E-state index in [-0.39, 0.29) is 10.2 Å². The number of hydrogen-bond donors (Lipinski definition) is 1. The highest BCUT2D eigenvalue weighted by Crippen LogP contribution is 2.24. The van der Waals surface area contributed by atoms with Crippen LogP contribution in [0.1, 0.15) is 10.5 Å². The number of halogens is 5. The van der Waals surface area contributed by atoms with Gasteiger partial charge in [-0.3, -0.25) is 4.79 Å². The van der Waals surface area contributed by atoms with Crippen LogP contribution in [0.25, 0.3) is 0 Å². The van der Waals surface area contributed by atoms with Gasteiger partial charge in [-0.2, -0.15) is 0 Å². The van der Waals surface area contributed by atoms with Gasteiger partial charge in [-0.1, -0.05) is 15.9 Å². The minimum Gasteiger partial charge on any atom is -0.338 e. The minimum atomic E-state index is -2.65. The zero-order valence-electron chi connectivity index (χ0n) is 10.4. The van der Waals surface area contributed by atoms with Crippen molar-refractivity contribution >= 4 is 27.5 Å². The van der Waals surface area contributed by atoms with Gasteiger partial charge in [0.1, 0.15) is 11.4 Å². The monoisotopic (exact) mass is 364 g/mol. The van der Waals surface area contributed by atoms with Crippen LogP contribution in [0, 0.1) is 11.6 Å². The van der Waals surface area contributed by atoms with Crippen molar-refractivity contribution in [3.8, 4) is 0 Å². The second-order valence-corrected chi connectivity index (χ2v) is 5.05. The van der Waals surface area contributed by atoms with E-state index < -0.39 is 36.2 Å². The molecule has 0 radical (unpaired) electrons. The van der Waals surface area contributed by atoms with Crippen LogP contribution in [-0.2, 0) is 6.54 Å². The number of rotatable bonds is 4. The lowest BCUT2D eigenvalue weighted by molar-refractivity contribution is 0.0996. The van der Waals surface area contributed by atoms with Crippen LogP contribution >= 0.6 is 15.9 Å². The fourth-order valence-electron chi connectivity index (χ4n) is 1.77. The van der Waals surface area contributed by atoms with Crippen LogP contribution < -0.4 is 5.32 Å². The van der Waals surface area contributed by atoms with Crippen molar-refractivity contribution in [1.29, 1.82) is 0 Å². The summed E-state index contributed by atoms with van der Waals surface area (Å²) in [5.41, 5.74) is -0.745. The first-order chi connectivity index (χ1) is 9.88. The standard InChI is InChI=1S/C13H9BrF4N2O/c14-7-4-8(15)12(9(16)5-7)19-13(21)10-2-1-3-20(10)6-11(17)18/h1-5,11H,6H2,(H,19,21). The molecule has 0 spiro atoms. The highest BCUT2D eigenvalue weighted by atomic mass is 79.9. The summed E-state index contributed by atoms with van der Waals surface area (Å²) in [6.45, 7) is -0.680. The molecule has 1 amide bonds. The molecule has 3 nitrogen and oxygen atoms in total. The maximum atomic E-state index is 13.6. The van der Waals surface area contributed by atoms with E-state index in [1.165, 1.54) is 18.3 Å². The van der Waals surface area contributed by atoms with Crippen molar-refractivity contribution in [3.63, 3.8) is 0 Å². The molecule has 1 aromatic carbocycles. The van der Waals surface area contributed by atoms with E-state index in [2.05, 4.69) is 15.9 Å². The minimum absolute atomic E-state index is 0.114. The Labute approximate surface area is 125 Å². The molecule has 1 heterocycles. The number of aromatic nitrogens is 1. The Bertz CT molecular complexity index is 649. The van der Waals surface area contributed by atoms with Gasteiger partial charge in [-0.25, -0.2) is 17.6 Å². The fourth-order valence-corrected chi connectivity index (χ4v) is 2.17. The van der Waals surface area contributed by atoms with Crippen LogP contribution in [0.3, 0.4) is 0 Å². The second kappa shape index (κ2) is 6.30. The Balaban J connectivity index is 2.25. The number of amides is 1. The molecule has 2 rings (SSSR count). The average molecular weight is 365 g/mol. The first kappa shape index (κ1) is 15.6. The van der Waals surface area contributed by atoms with Gasteiger partial charge >= 0.3 is 0 Å². The number of carbonyl (C=O) groups excluding carboxylic acids is 1. The van der Waals surface area contributed by atoms with Crippen molar-refractivity contribution in [2.75, 3.05) is 5.32 Å². The summed E-state index contributed by atoms with van der Waals surface area (Å²) in [4.78, 5) is 11.9. The first-order valence-electron chi connectivity index (χ1n) is 5.77. The third kappa shape index (κ3) is 3.63. The molecule has 8 heteroatoms. The molecule has 0 saturated carbocycles. The Morgan fingerprint density at radius 1 is 1.29 bits per heavy atom. The smallest absolute Gasteiger partial charge is 0.272 e. The van der Waals surface area contributed by atoms with E-state index in [4.69, 9.17) is 0 Å². The summed E-state index contributed by atoms with van der Waals surface area (Å²) in [7, 11) is 0. The van der Waals surface area contributed by atoms with E-state index in [1.807, 2.05) is 5.32 Å². The van der Waals surface area contributed by atoms with Gasteiger partial charge in [0.15, 0.2) is 11.6 Å². The third-order valence-corrected chi connectivity index (χ3v) is 3.10. The zero-order valence-corrected chi connectivity index (χ0v) is 12.0. The Kier molecular flexibility index (Phi) is 4.66. The highest BCUT2D eigenvalue weighted by Gasteiger charge is 2.18. The van der Waals surface area contributed by atoms with Crippen molar-refractivity contribution < 1.29 is 22.4 Å². The molecule has 0 aliphatic rings. The summed E-state index contributed by atoms with van der Waals surface area (Å²) in [6.07, 6.45) is -1.36. The van der Waals surface area contributed by atoms with Crippen LogP contribution in [0.4, 0.5) is 23.2 Å². The summed E-state index contributed by atoms with van der Waals surface area (Å²) < 4.78 is 53.1. The van der Waals surface area contributed by atoms with Gasteiger partial charge in [0.2, 0.25) is 0 Å². The Hall–Kier alpha value is -1.83. The second-order valence-electron chi connectivity index (χ2n) is 4.14. The lowest BCUT2D eigenvalue weighted by Gasteiger charge is -2.11. The number of anilines is 1. The van der Waals surface area contributed by atoms with E-state index >= 15 is 0 Å². The number of nitrogens with zero attached hydrogens (tertiary/aromatic N) is 1.